The van der Waals surface area contributed by atoms with E-state index in [2.05, 4.69) is 36.8 Å². The minimum Gasteiger partial charge on any atom is -0.497 e. The lowest BCUT2D eigenvalue weighted by Crippen LogP contribution is -1.85. The van der Waals surface area contributed by atoms with Crippen LogP contribution in [0.25, 0.3) is 10.9 Å². The van der Waals surface area contributed by atoms with Crippen LogP contribution in [0.15, 0.2) is 33.3 Å². The summed E-state index contributed by atoms with van der Waals surface area (Å²) in [6, 6.07) is 5.87. The average molecular weight is 317 g/mol. The molecule has 0 radical (unpaired) electrons. The fourth-order valence-electron chi connectivity index (χ4n) is 1.27. The summed E-state index contributed by atoms with van der Waals surface area (Å²) in [7, 11) is 1.65. The van der Waals surface area contributed by atoms with E-state index in [-0.39, 0.29) is 0 Å². The number of fused-ring (bicyclic) bond motifs is 1. The largest absolute Gasteiger partial charge is 0.497 e. The fraction of sp³-hybridized carbons (Fsp3) is 0.100. The molecule has 72 valence electrons. The first-order valence-electron chi connectivity index (χ1n) is 3.99. The molecule has 0 aliphatic carbocycles. The molecule has 2 aromatic rings. The molecule has 4 heteroatoms. The van der Waals surface area contributed by atoms with Crippen LogP contribution in [0.3, 0.4) is 0 Å². The number of methoxy groups -OCH3 is 1. The molecule has 0 amide bonds. The van der Waals surface area contributed by atoms with Crippen molar-refractivity contribution in [3.8, 4) is 5.75 Å². The molecule has 0 saturated carbocycles. The highest BCUT2D eigenvalue weighted by atomic mass is 79.9. The van der Waals surface area contributed by atoms with Gasteiger partial charge in [-0.05, 0) is 50.1 Å². The second-order valence-corrected chi connectivity index (χ2v) is 4.60. The number of benzene rings is 1. The first-order chi connectivity index (χ1) is 6.70. The predicted molar refractivity (Wildman–Crippen MR) is 63.7 cm³/mol. The molecular weight excluding hydrogens is 310 g/mol. The highest BCUT2D eigenvalue weighted by molar-refractivity contribution is 9.11. The van der Waals surface area contributed by atoms with E-state index in [9.17, 15) is 0 Å². The lowest BCUT2D eigenvalue weighted by Gasteiger charge is -2.04. The molecule has 2 rings (SSSR count). The molecule has 1 aromatic carbocycles. The van der Waals surface area contributed by atoms with Gasteiger partial charge >= 0.3 is 0 Å². The fourth-order valence-corrected chi connectivity index (χ4v) is 2.18. The average Bonchev–Trinajstić information content (AvgIpc) is 2.16. The topological polar surface area (TPSA) is 22.1 Å². The van der Waals surface area contributed by atoms with Gasteiger partial charge in [0.2, 0.25) is 0 Å². The van der Waals surface area contributed by atoms with Crippen LogP contribution in [0.4, 0.5) is 0 Å². The first kappa shape index (κ1) is 9.93. The van der Waals surface area contributed by atoms with E-state index in [0.717, 1.165) is 25.6 Å². The maximum absolute atomic E-state index is 5.17. The molecule has 2 nitrogen and oxygen atoms in total. The summed E-state index contributed by atoms with van der Waals surface area (Å²) in [6.45, 7) is 0. The summed E-state index contributed by atoms with van der Waals surface area (Å²) in [4.78, 5) is 4.31. The van der Waals surface area contributed by atoms with Crippen LogP contribution in [0, 0.1) is 0 Å². The van der Waals surface area contributed by atoms with Crippen molar-refractivity contribution >= 4 is 42.8 Å². The molecule has 14 heavy (non-hydrogen) atoms. The van der Waals surface area contributed by atoms with E-state index in [1.54, 1.807) is 13.3 Å². The highest BCUT2D eigenvalue weighted by Gasteiger charge is 2.03. The number of hydrogen-bond acceptors (Lipinski definition) is 2. The van der Waals surface area contributed by atoms with Crippen molar-refractivity contribution < 1.29 is 4.74 Å². The molecule has 1 heterocycles. The van der Waals surface area contributed by atoms with Crippen LogP contribution in [0.5, 0.6) is 5.75 Å². The summed E-state index contributed by atoms with van der Waals surface area (Å²) in [5.41, 5.74) is 0.939. The van der Waals surface area contributed by atoms with Gasteiger partial charge in [-0.3, -0.25) is 4.98 Å². The Bertz CT molecular complexity index is 485. The second kappa shape index (κ2) is 3.87. The normalized spacial score (nSPS) is 10.5. The van der Waals surface area contributed by atoms with Crippen molar-refractivity contribution in [2.45, 2.75) is 0 Å². The number of ether oxygens (including phenoxy) is 1. The Kier molecular flexibility index (Phi) is 2.74. The standard InChI is InChI=1S/C10H7Br2NO/c1-14-8-3-6-2-7(11)5-13-10(6)9(12)4-8/h2-5H,1H3. The van der Waals surface area contributed by atoms with Crippen LogP contribution in [0.2, 0.25) is 0 Å². The molecule has 0 aliphatic rings. The van der Waals surface area contributed by atoms with Crippen LogP contribution in [-0.4, -0.2) is 12.1 Å². The summed E-state index contributed by atoms with van der Waals surface area (Å²) >= 11 is 6.84. The van der Waals surface area contributed by atoms with Crippen molar-refractivity contribution in [1.29, 1.82) is 0 Å². The van der Waals surface area contributed by atoms with Crippen molar-refractivity contribution in [3.05, 3.63) is 33.3 Å². The molecular formula is C10H7Br2NO. The van der Waals surface area contributed by atoms with Gasteiger partial charge in [-0.1, -0.05) is 0 Å². The maximum atomic E-state index is 5.17. The van der Waals surface area contributed by atoms with Crippen LogP contribution >= 0.6 is 31.9 Å². The maximum Gasteiger partial charge on any atom is 0.120 e. The highest BCUT2D eigenvalue weighted by Crippen LogP contribution is 2.29. The van der Waals surface area contributed by atoms with Gasteiger partial charge in [-0.25, -0.2) is 0 Å². The van der Waals surface area contributed by atoms with Gasteiger partial charge < -0.3 is 4.74 Å². The Balaban J connectivity index is 2.77. The van der Waals surface area contributed by atoms with Gasteiger partial charge in [0.25, 0.3) is 0 Å². The first-order valence-corrected chi connectivity index (χ1v) is 5.58. The number of hydrogen-bond donors (Lipinski definition) is 0. The zero-order valence-corrected chi connectivity index (χ0v) is 10.6. The smallest absolute Gasteiger partial charge is 0.120 e. The van der Waals surface area contributed by atoms with E-state index in [1.807, 2.05) is 18.2 Å². The van der Waals surface area contributed by atoms with Crippen molar-refractivity contribution in [2.24, 2.45) is 0 Å². The van der Waals surface area contributed by atoms with Crippen molar-refractivity contribution in [1.82, 2.24) is 4.98 Å². The third kappa shape index (κ3) is 1.77. The number of rotatable bonds is 1. The summed E-state index contributed by atoms with van der Waals surface area (Å²) in [5, 5.41) is 1.05. The van der Waals surface area contributed by atoms with Crippen molar-refractivity contribution in [2.75, 3.05) is 7.11 Å². The minimum atomic E-state index is 0.823. The quantitative estimate of drug-likeness (QED) is 0.799. The Labute approximate surface area is 98.5 Å². The lowest BCUT2D eigenvalue weighted by atomic mass is 10.2. The SMILES string of the molecule is COc1cc(Br)c2ncc(Br)cc2c1. The van der Waals surface area contributed by atoms with Crippen LogP contribution < -0.4 is 4.74 Å². The van der Waals surface area contributed by atoms with E-state index in [4.69, 9.17) is 4.74 Å². The van der Waals surface area contributed by atoms with Gasteiger partial charge in [-0.2, -0.15) is 0 Å². The lowest BCUT2D eigenvalue weighted by molar-refractivity contribution is 0.415. The third-order valence-electron chi connectivity index (χ3n) is 1.91. The van der Waals surface area contributed by atoms with Gasteiger partial charge in [0, 0.05) is 20.5 Å². The van der Waals surface area contributed by atoms with Crippen LogP contribution in [0.1, 0.15) is 0 Å². The zero-order valence-electron chi connectivity index (χ0n) is 7.42. The number of halogens is 2. The third-order valence-corrected chi connectivity index (χ3v) is 2.95. The zero-order chi connectivity index (χ0) is 10.1. The molecule has 0 fully saturated rings. The number of nitrogens with zero attached hydrogens (tertiary/aromatic N) is 1. The number of aromatic nitrogens is 1. The Morgan fingerprint density at radius 3 is 2.71 bits per heavy atom. The van der Waals surface area contributed by atoms with Crippen molar-refractivity contribution in [3.63, 3.8) is 0 Å². The molecule has 0 aliphatic heterocycles. The van der Waals surface area contributed by atoms with E-state index >= 15 is 0 Å². The predicted octanol–water partition coefficient (Wildman–Crippen LogP) is 3.77. The molecule has 0 N–H and O–H groups in total. The Morgan fingerprint density at radius 2 is 2.00 bits per heavy atom. The monoisotopic (exact) mass is 315 g/mol. The van der Waals surface area contributed by atoms with E-state index in [0.29, 0.717) is 0 Å². The van der Waals surface area contributed by atoms with Gasteiger partial charge in [0.05, 0.1) is 12.6 Å². The van der Waals surface area contributed by atoms with Gasteiger partial charge in [0.15, 0.2) is 0 Å². The summed E-state index contributed by atoms with van der Waals surface area (Å²) in [6.07, 6.45) is 1.78. The summed E-state index contributed by atoms with van der Waals surface area (Å²) in [5.74, 6) is 0.823. The molecule has 0 bridgehead atoms. The minimum absolute atomic E-state index is 0.823. The molecule has 0 unspecified atom stereocenters. The van der Waals surface area contributed by atoms with Gasteiger partial charge in [-0.15, -0.1) is 0 Å². The summed E-state index contributed by atoms with van der Waals surface area (Å²) < 4.78 is 7.08. The molecule has 1 aromatic heterocycles. The van der Waals surface area contributed by atoms with Crippen LogP contribution in [-0.2, 0) is 0 Å². The Morgan fingerprint density at radius 1 is 1.21 bits per heavy atom. The van der Waals surface area contributed by atoms with Gasteiger partial charge in [0.1, 0.15) is 5.75 Å². The van der Waals surface area contributed by atoms with E-state index in [1.165, 1.54) is 0 Å². The molecule has 0 spiro atoms. The molecule has 0 atom stereocenters. The number of pyridine rings is 1. The Hall–Kier alpha value is -0.610. The molecule has 0 saturated heterocycles. The van der Waals surface area contributed by atoms with E-state index < -0.39 is 0 Å². The second-order valence-electron chi connectivity index (χ2n) is 2.83.